The first kappa shape index (κ1) is 14.6. The van der Waals surface area contributed by atoms with Crippen LogP contribution in [0.1, 0.15) is 30.0 Å². The highest BCUT2D eigenvalue weighted by molar-refractivity contribution is 5.74. The molecule has 5 nitrogen and oxygen atoms in total. The highest BCUT2D eigenvalue weighted by atomic mass is 16.2. The molecule has 22 heavy (non-hydrogen) atoms. The van der Waals surface area contributed by atoms with Gasteiger partial charge < -0.3 is 14.8 Å². The Morgan fingerprint density at radius 1 is 1.36 bits per heavy atom. The molecule has 0 aliphatic carbocycles. The van der Waals surface area contributed by atoms with E-state index in [1.165, 1.54) is 5.56 Å². The SMILES string of the molecule is Cc1cccc(CNC(=O)N2CCC(n3ccnc3)CC2)c1. The normalized spacial score (nSPS) is 15.8. The van der Waals surface area contributed by atoms with E-state index in [2.05, 4.69) is 33.9 Å². The molecular weight excluding hydrogens is 276 g/mol. The maximum atomic E-state index is 12.2. The first-order chi connectivity index (χ1) is 10.7. The fourth-order valence-corrected chi connectivity index (χ4v) is 2.96. The smallest absolute Gasteiger partial charge is 0.317 e. The summed E-state index contributed by atoms with van der Waals surface area (Å²) in [5.74, 6) is 0. The van der Waals surface area contributed by atoms with Crippen LogP contribution in [0.3, 0.4) is 0 Å². The number of urea groups is 1. The fourth-order valence-electron chi connectivity index (χ4n) is 2.96. The Morgan fingerprint density at radius 3 is 2.86 bits per heavy atom. The van der Waals surface area contributed by atoms with E-state index >= 15 is 0 Å². The molecule has 3 rings (SSSR count). The summed E-state index contributed by atoms with van der Waals surface area (Å²) in [7, 11) is 0. The van der Waals surface area contributed by atoms with E-state index in [9.17, 15) is 4.79 Å². The molecule has 1 aliphatic heterocycles. The number of piperidine rings is 1. The molecule has 1 N–H and O–H groups in total. The number of carbonyl (C=O) groups excluding carboxylic acids is 1. The highest BCUT2D eigenvalue weighted by Gasteiger charge is 2.23. The van der Waals surface area contributed by atoms with E-state index in [0.29, 0.717) is 12.6 Å². The zero-order chi connectivity index (χ0) is 15.4. The van der Waals surface area contributed by atoms with E-state index in [1.807, 2.05) is 29.6 Å². The fraction of sp³-hybridized carbons (Fsp3) is 0.412. The van der Waals surface area contributed by atoms with Gasteiger partial charge in [-0.15, -0.1) is 0 Å². The first-order valence-electron chi connectivity index (χ1n) is 7.78. The number of aromatic nitrogens is 2. The average Bonchev–Trinajstić information content (AvgIpc) is 3.07. The highest BCUT2D eigenvalue weighted by Crippen LogP contribution is 2.21. The summed E-state index contributed by atoms with van der Waals surface area (Å²) in [5, 5.41) is 3.01. The Morgan fingerprint density at radius 2 is 2.18 bits per heavy atom. The van der Waals surface area contributed by atoms with Crippen LogP contribution in [0.5, 0.6) is 0 Å². The number of hydrogen-bond donors (Lipinski definition) is 1. The zero-order valence-corrected chi connectivity index (χ0v) is 12.9. The van der Waals surface area contributed by atoms with Gasteiger partial charge in [-0.3, -0.25) is 0 Å². The van der Waals surface area contributed by atoms with Crippen LogP contribution in [0.15, 0.2) is 43.0 Å². The molecule has 0 saturated carbocycles. The molecule has 0 spiro atoms. The van der Waals surface area contributed by atoms with Crippen molar-refractivity contribution in [2.45, 2.75) is 32.4 Å². The third kappa shape index (κ3) is 3.47. The molecule has 0 radical (unpaired) electrons. The van der Waals surface area contributed by atoms with E-state index in [4.69, 9.17) is 0 Å². The lowest BCUT2D eigenvalue weighted by atomic mass is 10.1. The van der Waals surface area contributed by atoms with Gasteiger partial charge in [0.1, 0.15) is 0 Å². The molecule has 0 bridgehead atoms. The van der Waals surface area contributed by atoms with Crippen LogP contribution in [-0.4, -0.2) is 33.6 Å². The number of nitrogens with zero attached hydrogens (tertiary/aromatic N) is 3. The predicted octanol–water partition coefficient (Wildman–Crippen LogP) is 2.74. The summed E-state index contributed by atoms with van der Waals surface area (Å²) in [5.41, 5.74) is 2.36. The number of carbonyl (C=O) groups is 1. The van der Waals surface area contributed by atoms with Crippen molar-refractivity contribution in [2.24, 2.45) is 0 Å². The van der Waals surface area contributed by atoms with Gasteiger partial charge in [-0.1, -0.05) is 29.8 Å². The molecule has 2 amide bonds. The van der Waals surface area contributed by atoms with Crippen molar-refractivity contribution in [2.75, 3.05) is 13.1 Å². The number of aryl methyl sites for hydroxylation is 1. The molecule has 2 heterocycles. The molecule has 0 atom stereocenters. The Hall–Kier alpha value is -2.30. The quantitative estimate of drug-likeness (QED) is 0.947. The van der Waals surface area contributed by atoms with Crippen LogP contribution in [0, 0.1) is 6.92 Å². The van der Waals surface area contributed by atoms with E-state index < -0.39 is 0 Å². The lowest BCUT2D eigenvalue weighted by Gasteiger charge is -2.32. The minimum absolute atomic E-state index is 0.0330. The van der Waals surface area contributed by atoms with E-state index in [1.54, 1.807) is 6.20 Å². The second kappa shape index (κ2) is 6.64. The summed E-state index contributed by atoms with van der Waals surface area (Å²) in [6.45, 7) is 4.24. The van der Waals surface area contributed by atoms with Crippen molar-refractivity contribution in [3.8, 4) is 0 Å². The molecule has 1 saturated heterocycles. The molecule has 5 heteroatoms. The number of benzene rings is 1. The molecule has 1 fully saturated rings. The number of nitrogens with one attached hydrogen (secondary N) is 1. The van der Waals surface area contributed by atoms with Crippen molar-refractivity contribution in [3.05, 3.63) is 54.1 Å². The van der Waals surface area contributed by atoms with Crippen molar-refractivity contribution < 1.29 is 4.79 Å². The minimum atomic E-state index is 0.0330. The van der Waals surface area contributed by atoms with Gasteiger partial charge in [0.05, 0.1) is 6.33 Å². The van der Waals surface area contributed by atoms with Crippen molar-refractivity contribution in [1.82, 2.24) is 19.8 Å². The number of imidazole rings is 1. The van der Waals surface area contributed by atoms with Crippen molar-refractivity contribution in [3.63, 3.8) is 0 Å². The summed E-state index contributed by atoms with van der Waals surface area (Å²) in [6.07, 6.45) is 7.62. The second-order valence-electron chi connectivity index (χ2n) is 5.88. The molecule has 0 unspecified atom stereocenters. The molecular formula is C17H22N4O. The summed E-state index contributed by atoms with van der Waals surface area (Å²) in [6, 6.07) is 8.72. The van der Waals surface area contributed by atoms with Crippen LogP contribution in [0.25, 0.3) is 0 Å². The van der Waals surface area contributed by atoms with Crippen molar-refractivity contribution >= 4 is 6.03 Å². The largest absolute Gasteiger partial charge is 0.334 e. The van der Waals surface area contributed by atoms with Gasteiger partial charge >= 0.3 is 6.03 Å². The maximum Gasteiger partial charge on any atom is 0.317 e. The molecule has 2 aromatic rings. The Labute approximate surface area is 131 Å². The molecule has 1 aliphatic rings. The van der Waals surface area contributed by atoms with Gasteiger partial charge in [0.2, 0.25) is 0 Å². The maximum absolute atomic E-state index is 12.2. The average molecular weight is 298 g/mol. The second-order valence-corrected chi connectivity index (χ2v) is 5.88. The Balaban J connectivity index is 1.48. The molecule has 1 aromatic carbocycles. The number of likely N-dealkylation sites (tertiary alicyclic amines) is 1. The molecule has 116 valence electrons. The monoisotopic (exact) mass is 298 g/mol. The Kier molecular flexibility index (Phi) is 4.42. The van der Waals surface area contributed by atoms with Gasteiger partial charge in [0.25, 0.3) is 0 Å². The van der Waals surface area contributed by atoms with Crippen LogP contribution >= 0.6 is 0 Å². The molecule has 1 aromatic heterocycles. The number of rotatable bonds is 3. The zero-order valence-electron chi connectivity index (χ0n) is 12.9. The van der Waals surface area contributed by atoms with Crippen molar-refractivity contribution in [1.29, 1.82) is 0 Å². The van der Waals surface area contributed by atoms with Gasteiger partial charge in [0, 0.05) is 38.1 Å². The predicted molar refractivity (Wildman–Crippen MR) is 85.5 cm³/mol. The minimum Gasteiger partial charge on any atom is -0.334 e. The summed E-state index contributed by atoms with van der Waals surface area (Å²) < 4.78 is 2.14. The summed E-state index contributed by atoms with van der Waals surface area (Å²) in [4.78, 5) is 18.2. The van der Waals surface area contributed by atoms with Crippen LogP contribution in [0.2, 0.25) is 0 Å². The van der Waals surface area contributed by atoms with Gasteiger partial charge in [-0.2, -0.15) is 0 Å². The van der Waals surface area contributed by atoms with Crippen LogP contribution in [-0.2, 0) is 6.54 Å². The van der Waals surface area contributed by atoms with Gasteiger partial charge in [0.15, 0.2) is 0 Å². The summed E-state index contributed by atoms with van der Waals surface area (Å²) >= 11 is 0. The third-order valence-electron chi connectivity index (χ3n) is 4.22. The Bertz CT molecular complexity index is 615. The lowest BCUT2D eigenvalue weighted by molar-refractivity contribution is 0.171. The van der Waals surface area contributed by atoms with Gasteiger partial charge in [-0.25, -0.2) is 9.78 Å². The standard InChI is InChI=1S/C17H22N4O/c1-14-3-2-4-15(11-14)12-19-17(22)20-8-5-16(6-9-20)21-10-7-18-13-21/h2-4,7,10-11,13,16H,5-6,8-9,12H2,1H3,(H,19,22). The topological polar surface area (TPSA) is 50.2 Å². The first-order valence-corrected chi connectivity index (χ1v) is 7.78. The third-order valence-corrected chi connectivity index (χ3v) is 4.22. The lowest BCUT2D eigenvalue weighted by Crippen LogP contribution is -2.44. The van der Waals surface area contributed by atoms with Crippen LogP contribution < -0.4 is 5.32 Å². The number of amides is 2. The van der Waals surface area contributed by atoms with E-state index in [0.717, 1.165) is 31.5 Å². The van der Waals surface area contributed by atoms with E-state index in [-0.39, 0.29) is 6.03 Å². The van der Waals surface area contributed by atoms with Gasteiger partial charge in [-0.05, 0) is 25.3 Å². The number of hydrogen-bond acceptors (Lipinski definition) is 2. The van der Waals surface area contributed by atoms with Crippen LogP contribution in [0.4, 0.5) is 4.79 Å².